The first-order valence-corrected chi connectivity index (χ1v) is 5.21. The van der Waals surface area contributed by atoms with E-state index in [9.17, 15) is 22.8 Å². The third-order valence-corrected chi connectivity index (χ3v) is 2.65. The van der Waals surface area contributed by atoms with Gasteiger partial charge in [-0.3, -0.25) is 4.79 Å². The molecular formula is C12H8F3NO3. The number of carboxylic acids is 1. The lowest BCUT2D eigenvalue weighted by atomic mass is 10.2. The fourth-order valence-corrected chi connectivity index (χ4v) is 1.72. The van der Waals surface area contributed by atoms with E-state index in [2.05, 4.69) is 0 Å². The second kappa shape index (κ2) is 4.42. The fourth-order valence-electron chi connectivity index (χ4n) is 1.72. The molecule has 0 aromatic heterocycles. The lowest BCUT2D eigenvalue weighted by molar-refractivity contribution is -0.137. The summed E-state index contributed by atoms with van der Waals surface area (Å²) in [7, 11) is 0. The minimum absolute atomic E-state index is 0.0207. The molecule has 19 heavy (non-hydrogen) atoms. The SMILES string of the molecule is O=C(O)C1=CC(=O)N(c2cccc(C(F)(F)F)c2)C1. The van der Waals surface area contributed by atoms with Crippen LogP contribution in [0, 0.1) is 0 Å². The molecule has 2 rings (SSSR count). The van der Waals surface area contributed by atoms with Crippen molar-refractivity contribution in [1.29, 1.82) is 0 Å². The Morgan fingerprint density at radius 3 is 2.53 bits per heavy atom. The maximum atomic E-state index is 12.5. The van der Waals surface area contributed by atoms with Gasteiger partial charge in [0.25, 0.3) is 5.91 Å². The van der Waals surface area contributed by atoms with E-state index in [1.165, 1.54) is 12.1 Å². The molecule has 4 nitrogen and oxygen atoms in total. The number of benzene rings is 1. The van der Waals surface area contributed by atoms with Crippen molar-refractivity contribution in [2.45, 2.75) is 6.18 Å². The molecule has 0 saturated carbocycles. The minimum atomic E-state index is -4.51. The van der Waals surface area contributed by atoms with Gasteiger partial charge in [0, 0.05) is 11.8 Å². The number of carbonyl (C=O) groups is 2. The summed E-state index contributed by atoms with van der Waals surface area (Å²) in [5.41, 5.74) is -1.02. The number of hydrogen-bond acceptors (Lipinski definition) is 2. The third-order valence-electron chi connectivity index (χ3n) is 2.65. The van der Waals surface area contributed by atoms with Crippen LogP contribution in [0.25, 0.3) is 0 Å². The van der Waals surface area contributed by atoms with Crippen molar-refractivity contribution in [2.75, 3.05) is 11.4 Å². The van der Waals surface area contributed by atoms with Crippen molar-refractivity contribution in [3.05, 3.63) is 41.5 Å². The predicted octanol–water partition coefficient (Wildman–Crippen LogP) is 2.06. The number of alkyl halides is 3. The summed E-state index contributed by atoms with van der Waals surface area (Å²) in [5, 5.41) is 8.75. The number of anilines is 1. The summed E-state index contributed by atoms with van der Waals surface area (Å²) < 4.78 is 37.6. The van der Waals surface area contributed by atoms with E-state index in [-0.39, 0.29) is 17.8 Å². The number of carboxylic acid groups (broad SMARTS) is 1. The molecule has 0 atom stereocenters. The summed E-state index contributed by atoms with van der Waals surface area (Å²) in [6.07, 6.45) is -3.61. The van der Waals surface area contributed by atoms with Gasteiger partial charge in [-0.15, -0.1) is 0 Å². The smallest absolute Gasteiger partial charge is 0.416 e. The highest BCUT2D eigenvalue weighted by atomic mass is 19.4. The maximum Gasteiger partial charge on any atom is 0.416 e. The van der Waals surface area contributed by atoms with E-state index < -0.39 is 23.6 Å². The van der Waals surface area contributed by atoms with Crippen LogP contribution in [0.2, 0.25) is 0 Å². The van der Waals surface area contributed by atoms with Gasteiger partial charge < -0.3 is 10.0 Å². The fraction of sp³-hybridized carbons (Fsp3) is 0.167. The van der Waals surface area contributed by atoms with Crippen LogP contribution in [0.15, 0.2) is 35.9 Å². The molecule has 0 fully saturated rings. The Bertz CT molecular complexity index is 578. The molecular weight excluding hydrogens is 263 g/mol. The molecule has 1 aliphatic heterocycles. The van der Waals surface area contributed by atoms with Crippen molar-refractivity contribution in [3.63, 3.8) is 0 Å². The van der Waals surface area contributed by atoms with Crippen molar-refractivity contribution in [2.24, 2.45) is 0 Å². The van der Waals surface area contributed by atoms with Crippen molar-refractivity contribution in [3.8, 4) is 0 Å². The Morgan fingerprint density at radius 2 is 2.00 bits per heavy atom. The minimum Gasteiger partial charge on any atom is -0.478 e. The summed E-state index contributed by atoms with van der Waals surface area (Å²) in [5.74, 6) is -1.90. The van der Waals surface area contributed by atoms with Crippen molar-refractivity contribution < 1.29 is 27.9 Å². The lowest BCUT2D eigenvalue weighted by Crippen LogP contribution is -2.26. The van der Waals surface area contributed by atoms with Crippen LogP contribution < -0.4 is 4.90 Å². The van der Waals surface area contributed by atoms with Gasteiger partial charge in [-0.1, -0.05) is 6.07 Å². The summed E-state index contributed by atoms with van der Waals surface area (Å²) in [6.45, 7) is -0.241. The van der Waals surface area contributed by atoms with Gasteiger partial charge >= 0.3 is 12.1 Å². The molecule has 1 aromatic rings. The van der Waals surface area contributed by atoms with E-state index in [0.29, 0.717) is 0 Å². The van der Waals surface area contributed by atoms with Gasteiger partial charge in [-0.2, -0.15) is 13.2 Å². The number of nitrogens with zero attached hydrogens (tertiary/aromatic N) is 1. The van der Waals surface area contributed by atoms with Gasteiger partial charge in [0.05, 0.1) is 17.7 Å². The normalized spacial score (nSPS) is 15.6. The Kier molecular flexibility index (Phi) is 3.05. The highest BCUT2D eigenvalue weighted by Gasteiger charge is 2.32. The van der Waals surface area contributed by atoms with Crippen LogP contribution in [0.4, 0.5) is 18.9 Å². The molecule has 1 N–H and O–H groups in total. The van der Waals surface area contributed by atoms with Crippen molar-refractivity contribution >= 4 is 17.6 Å². The summed E-state index contributed by atoms with van der Waals surface area (Å²) in [4.78, 5) is 23.3. The van der Waals surface area contributed by atoms with Crippen LogP contribution in [-0.2, 0) is 15.8 Å². The van der Waals surface area contributed by atoms with Gasteiger partial charge in [0.1, 0.15) is 0 Å². The number of rotatable bonds is 2. The first kappa shape index (κ1) is 13.1. The van der Waals surface area contributed by atoms with Crippen LogP contribution >= 0.6 is 0 Å². The van der Waals surface area contributed by atoms with Crippen molar-refractivity contribution in [1.82, 2.24) is 0 Å². The Morgan fingerprint density at radius 1 is 1.32 bits per heavy atom. The zero-order chi connectivity index (χ0) is 14.2. The number of carbonyl (C=O) groups excluding carboxylic acids is 1. The predicted molar refractivity (Wildman–Crippen MR) is 59.5 cm³/mol. The molecule has 1 aliphatic rings. The summed E-state index contributed by atoms with van der Waals surface area (Å²) in [6, 6.07) is 4.20. The monoisotopic (exact) mass is 271 g/mol. The molecule has 1 aromatic carbocycles. The first-order chi connectivity index (χ1) is 8.79. The van der Waals surface area contributed by atoms with Crippen LogP contribution in [0.5, 0.6) is 0 Å². The average Bonchev–Trinajstić information content (AvgIpc) is 2.71. The molecule has 0 aliphatic carbocycles. The number of aliphatic carboxylic acids is 1. The molecule has 100 valence electrons. The molecule has 0 radical (unpaired) electrons. The van der Waals surface area contributed by atoms with E-state index in [0.717, 1.165) is 23.1 Å². The highest BCUT2D eigenvalue weighted by molar-refractivity contribution is 6.11. The molecule has 1 heterocycles. The molecule has 0 unspecified atom stereocenters. The van der Waals surface area contributed by atoms with Gasteiger partial charge in [-0.25, -0.2) is 4.79 Å². The van der Waals surface area contributed by atoms with Crippen LogP contribution in [0.1, 0.15) is 5.56 Å². The quantitative estimate of drug-likeness (QED) is 0.895. The summed E-state index contributed by atoms with van der Waals surface area (Å²) >= 11 is 0. The molecule has 0 bridgehead atoms. The van der Waals surface area contributed by atoms with E-state index in [1.807, 2.05) is 0 Å². The first-order valence-electron chi connectivity index (χ1n) is 5.21. The van der Waals surface area contributed by atoms with Crippen LogP contribution in [0.3, 0.4) is 0 Å². The molecule has 0 saturated heterocycles. The maximum absolute atomic E-state index is 12.5. The lowest BCUT2D eigenvalue weighted by Gasteiger charge is -2.17. The standard InChI is InChI=1S/C12H8F3NO3/c13-12(14,15)8-2-1-3-9(5-8)16-6-7(11(18)19)4-10(16)17/h1-5H,6H2,(H,18,19). The van der Waals surface area contributed by atoms with E-state index >= 15 is 0 Å². The second-order valence-corrected chi connectivity index (χ2v) is 3.95. The molecule has 0 spiro atoms. The Labute approximate surface area is 105 Å². The number of amides is 1. The second-order valence-electron chi connectivity index (χ2n) is 3.95. The van der Waals surface area contributed by atoms with Gasteiger partial charge in [0.15, 0.2) is 0 Å². The largest absolute Gasteiger partial charge is 0.478 e. The Hall–Kier alpha value is -2.31. The van der Waals surface area contributed by atoms with Gasteiger partial charge in [-0.05, 0) is 18.2 Å². The van der Waals surface area contributed by atoms with Crippen LogP contribution in [-0.4, -0.2) is 23.5 Å². The Balaban J connectivity index is 2.30. The zero-order valence-electron chi connectivity index (χ0n) is 9.44. The molecule has 1 amide bonds. The van der Waals surface area contributed by atoms with Gasteiger partial charge in [0.2, 0.25) is 0 Å². The zero-order valence-corrected chi connectivity index (χ0v) is 9.44. The van der Waals surface area contributed by atoms with E-state index in [1.54, 1.807) is 0 Å². The number of halogens is 3. The average molecular weight is 271 g/mol. The van der Waals surface area contributed by atoms with E-state index in [4.69, 9.17) is 5.11 Å². The molecule has 7 heteroatoms. The number of hydrogen-bond donors (Lipinski definition) is 1. The third kappa shape index (κ3) is 2.59. The highest BCUT2D eigenvalue weighted by Crippen LogP contribution is 2.32. The topological polar surface area (TPSA) is 57.6 Å².